The molecule has 1 heterocycles. The molecule has 10 N–H and O–H groups in total. The second-order valence-electron chi connectivity index (χ2n) is 6.10. The van der Waals surface area contributed by atoms with E-state index in [1.807, 2.05) is 0 Å². The molecule has 1 rings (SSSR count). The van der Waals surface area contributed by atoms with Crippen molar-refractivity contribution in [3.05, 3.63) is 0 Å². The molecular weight excluding hydrogens is 370 g/mol. The number of nitrogens with one attached hydrogen (secondary N) is 1. The van der Waals surface area contributed by atoms with Crippen molar-refractivity contribution in [2.75, 3.05) is 13.2 Å². The van der Waals surface area contributed by atoms with E-state index in [0.717, 1.165) is 13.1 Å². The lowest BCUT2D eigenvalue weighted by atomic mass is 9.97. The highest BCUT2D eigenvalue weighted by Crippen LogP contribution is 2.22. The maximum atomic E-state index is 11.3. The predicted molar refractivity (Wildman–Crippen MR) is 88.0 cm³/mol. The molecule has 0 saturated carbocycles. The third-order valence-electron chi connectivity index (χ3n) is 4.01. The molecule has 0 radical (unpaired) electrons. The molecule has 0 aliphatic carbocycles. The van der Waals surface area contributed by atoms with Gasteiger partial charge in [-0.2, -0.15) is 5.10 Å². The molecule has 1 saturated heterocycles. The Bertz CT molecular complexity index is 496. The third kappa shape index (κ3) is 6.31. The monoisotopic (exact) mass is 397 g/mol. The maximum absolute atomic E-state index is 11.3. The molecule has 27 heavy (non-hydrogen) atoms. The second-order valence-corrected chi connectivity index (χ2v) is 6.10. The Hall–Kier alpha value is -1.42. The van der Waals surface area contributed by atoms with Crippen LogP contribution in [0.2, 0.25) is 0 Å². The molecule has 13 heteroatoms. The van der Waals surface area contributed by atoms with Crippen LogP contribution in [-0.4, -0.2) is 116 Å². The fourth-order valence-electron chi connectivity index (χ4n) is 2.51. The van der Waals surface area contributed by atoms with E-state index in [2.05, 4.69) is 10.4 Å². The topological polar surface area (TPSA) is 228 Å². The van der Waals surface area contributed by atoms with Gasteiger partial charge in [-0.15, -0.1) is 0 Å². The van der Waals surface area contributed by atoms with Crippen LogP contribution < -0.4 is 11.2 Å². The number of amides is 1. The number of ether oxygens (including phenoxy) is 2. The second kappa shape index (κ2) is 10.8. The molecular formula is C14H27N3O10. The summed E-state index contributed by atoms with van der Waals surface area (Å²) in [5, 5.41) is 73.4. The smallest absolute Gasteiger partial charge is 0.217 e. The van der Waals surface area contributed by atoms with Gasteiger partial charge in [-0.25, -0.2) is 0 Å². The van der Waals surface area contributed by atoms with Crippen LogP contribution >= 0.6 is 0 Å². The summed E-state index contributed by atoms with van der Waals surface area (Å²) >= 11 is 0. The average molecular weight is 397 g/mol. The first kappa shape index (κ1) is 23.6. The van der Waals surface area contributed by atoms with Crippen molar-refractivity contribution in [1.29, 1.82) is 0 Å². The number of rotatable bonds is 9. The first-order valence-electron chi connectivity index (χ1n) is 8.10. The van der Waals surface area contributed by atoms with Gasteiger partial charge in [-0.1, -0.05) is 0 Å². The summed E-state index contributed by atoms with van der Waals surface area (Å²) in [6.07, 6.45) is -11.9. The van der Waals surface area contributed by atoms with Crippen LogP contribution in [0.4, 0.5) is 0 Å². The standard InChI is InChI=1S/C14H27N3O10/c1-5(19)17-9-13(25)12(24)8(3-18)27-14(9)26-4-7(21)11(23)10(22)6(20)2-16-15/h2,6-14,18,20-25H,3-4,15H2,1H3,(H,17,19)/b16-2+/t6-,7+,8+,9+,10+,11-,12+,13+,14+/m0/s1. The number of hydrazone groups is 1. The van der Waals surface area contributed by atoms with Gasteiger partial charge in [0, 0.05) is 6.92 Å². The number of carbonyl (C=O) groups is 1. The van der Waals surface area contributed by atoms with Gasteiger partial charge in [0.05, 0.1) is 19.4 Å². The Morgan fingerprint density at radius 3 is 2.41 bits per heavy atom. The van der Waals surface area contributed by atoms with E-state index in [4.69, 9.17) is 15.3 Å². The Kier molecular flexibility index (Phi) is 9.44. The summed E-state index contributed by atoms with van der Waals surface area (Å²) in [5.74, 6) is 4.26. The van der Waals surface area contributed by atoms with Gasteiger partial charge in [0.2, 0.25) is 5.91 Å². The SMILES string of the molecule is CC(=O)N[C@H]1[C@H](OC[C@@H](O)[C@H](O)[C@H](O)[C@@H](O)/C=N/N)O[C@H](CO)[C@@H](O)[C@@H]1O. The number of nitrogens with zero attached hydrogens (tertiary/aromatic N) is 1. The molecule has 0 aromatic heterocycles. The number of carbonyl (C=O) groups excluding carboxylic acids is 1. The van der Waals surface area contributed by atoms with Crippen molar-refractivity contribution in [2.45, 2.75) is 62.0 Å². The minimum atomic E-state index is -1.86. The molecule has 1 fully saturated rings. The Morgan fingerprint density at radius 1 is 1.26 bits per heavy atom. The van der Waals surface area contributed by atoms with Gasteiger partial charge in [-0.3, -0.25) is 4.79 Å². The number of aliphatic hydroxyl groups is 7. The van der Waals surface area contributed by atoms with Crippen LogP contribution in [0.25, 0.3) is 0 Å². The fourth-order valence-corrected chi connectivity index (χ4v) is 2.51. The quantitative estimate of drug-likeness (QED) is 0.101. The van der Waals surface area contributed by atoms with Gasteiger partial charge < -0.3 is 56.4 Å². The van der Waals surface area contributed by atoms with Crippen molar-refractivity contribution >= 4 is 12.1 Å². The van der Waals surface area contributed by atoms with Crippen LogP contribution in [0, 0.1) is 0 Å². The van der Waals surface area contributed by atoms with E-state index in [-0.39, 0.29) is 0 Å². The molecule has 0 aromatic rings. The average Bonchev–Trinajstić information content (AvgIpc) is 2.63. The van der Waals surface area contributed by atoms with E-state index in [9.17, 15) is 40.5 Å². The fraction of sp³-hybridized carbons (Fsp3) is 0.857. The van der Waals surface area contributed by atoms with E-state index >= 15 is 0 Å². The van der Waals surface area contributed by atoms with Gasteiger partial charge in [0.1, 0.15) is 48.8 Å². The zero-order valence-corrected chi connectivity index (χ0v) is 14.6. The van der Waals surface area contributed by atoms with Gasteiger partial charge >= 0.3 is 0 Å². The minimum Gasteiger partial charge on any atom is -0.394 e. The lowest BCUT2D eigenvalue weighted by Gasteiger charge is -2.42. The summed E-state index contributed by atoms with van der Waals surface area (Å²) in [7, 11) is 0. The first-order chi connectivity index (χ1) is 12.6. The summed E-state index contributed by atoms with van der Waals surface area (Å²) in [6, 6.07) is -1.23. The minimum absolute atomic E-state index is 0.564. The number of aliphatic hydroxyl groups excluding tert-OH is 7. The summed E-state index contributed by atoms with van der Waals surface area (Å²) in [4.78, 5) is 11.3. The van der Waals surface area contributed by atoms with Crippen LogP contribution in [0.1, 0.15) is 6.92 Å². The normalized spacial score (nSPS) is 33.4. The number of hydrogen-bond acceptors (Lipinski definition) is 12. The molecule has 9 atom stereocenters. The lowest BCUT2D eigenvalue weighted by Crippen LogP contribution is -2.65. The molecule has 13 nitrogen and oxygen atoms in total. The zero-order chi connectivity index (χ0) is 20.7. The molecule has 0 unspecified atom stereocenters. The van der Waals surface area contributed by atoms with Crippen LogP contribution in [0.3, 0.4) is 0 Å². The highest BCUT2D eigenvalue weighted by molar-refractivity contribution is 5.73. The molecule has 0 aromatic carbocycles. The largest absolute Gasteiger partial charge is 0.394 e. The maximum Gasteiger partial charge on any atom is 0.217 e. The van der Waals surface area contributed by atoms with Gasteiger partial charge in [0.15, 0.2) is 6.29 Å². The Morgan fingerprint density at radius 2 is 1.89 bits per heavy atom. The van der Waals surface area contributed by atoms with Crippen molar-refractivity contribution in [3.63, 3.8) is 0 Å². The zero-order valence-electron chi connectivity index (χ0n) is 14.6. The number of nitrogens with two attached hydrogens (primary N) is 1. The molecule has 0 bridgehead atoms. The molecule has 1 aliphatic rings. The summed E-state index contributed by atoms with van der Waals surface area (Å²) < 4.78 is 10.5. The Balaban J connectivity index is 2.76. The van der Waals surface area contributed by atoms with E-state index in [0.29, 0.717) is 0 Å². The summed E-state index contributed by atoms with van der Waals surface area (Å²) in [5.41, 5.74) is 0. The van der Waals surface area contributed by atoms with Gasteiger partial charge in [0.25, 0.3) is 0 Å². The first-order valence-corrected chi connectivity index (χ1v) is 8.10. The molecule has 1 aliphatic heterocycles. The van der Waals surface area contributed by atoms with Crippen LogP contribution in [-0.2, 0) is 14.3 Å². The highest BCUT2D eigenvalue weighted by atomic mass is 16.7. The number of hydrogen-bond donors (Lipinski definition) is 9. The van der Waals surface area contributed by atoms with E-state index in [1.54, 1.807) is 0 Å². The molecule has 0 spiro atoms. The van der Waals surface area contributed by atoms with Crippen molar-refractivity contribution in [2.24, 2.45) is 10.9 Å². The van der Waals surface area contributed by atoms with Crippen LogP contribution in [0.5, 0.6) is 0 Å². The lowest BCUT2D eigenvalue weighted by molar-refractivity contribution is -0.277. The molecule has 1 amide bonds. The highest BCUT2D eigenvalue weighted by Gasteiger charge is 2.45. The molecule has 158 valence electrons. The van der Waals surface area contributed by atoms with Crippen molar-refractivity contribution in [1.82, 2.24) is 5.32 Å². The van der Waals surface area contributed by atoms with E-state index < -0.39 is 74.2 Å². The summed E-state index contributed by atoms with van der Waals surface area (Å²) in [6.45, 7) is -0.143. The van der Waals surface area contributed by atoms with Gasteiger partial charge in [-0.05, 0) is 0 Å². The predicted octanol–water partition coefficient (Wildman–Crippen LogP) is -5.67. The van der Waals surface area contributed by atoms with Crippen molar-refractivity contribution < 1.29 is 50.0 Å². The third-order valence-corrected chi connectivity index (χ3v) is 4.01. The Labute approximate surface area is 154 Å². The van der Waals surface area contributed by atoms with Crippen molar-refractivity contribution in [3.8, 4) is 0 Å². The van der Waals surface area contributed by atoms with Crippen LogP contribution in [0.15, 0.2) is 5.10 Å². The van der Waals surface area contributed by atoms with E-state index in [1.165, 1.54) is 0 Å².